The molecule has 2 amide bonds. The first kappa shape index (κ1) is 24.4. The quantitative estimate of drug-likeness (QED) is 0.476. The number of hydrogen-bond acceptors (Lipinski definition) is 6. The highest BCUT2D eigenvalue weighted by atomic mass is 16.2. The maximum Gasteiger partial charge on any atom is 0.258 e. The SMILES string of the molecule is CC(=O)NCCNc1ncc(C(=O)N(Cc2ccccc2)C(C)C)c(-c2ccc(C#N)cc2)n1. The first-order valence-electron chi connectivity index (χ1n) is 11.1. The molecule has 2 aromatic carbocycles. The van der Waals surface area contributed by atoms with Gasteiger partial charge in [-0.1, -0.05) is 42.5 Å². The van der Waals surface area contributed by atoms with E-state index in [1.165, 1.54) is 13.1 Å². The number of nitrogens with one attached hydrogen (secondary N) is 2. The van der Waals surface area contributed by atoms with Gasteiger partial charge < -0.3 is 15.5 Å². The lowest BCUT2D eigenvalue weighted by Gasteiger charge is -2.27. The second-order valence-corrected chi connectivity index (χ2v) is 8.07. The zero-order chi connectivity index (χ0) is 24.5. The van der Waals surface area contributed by atoms with Crippen molar-refractivity contribution in [3.63, 3.8) is 0 Å². The minimum Gasteiger partial charge on any atom is -0.355 e. The molecule has 0 aliphatic carbocycles. The van der Waals surface area contributed by atoms with Crippen molar-refractivity contribution in [2.45, 2.75) is 33.4 Å². The second-order valence-electron chi connectivity index (χ2n) is 8.07. The summed E-state index contributed by atoms with van der Waals surface area (Å²) in [4.78, 5) is 35.5. The first-order chi connectivity index (χ1) is 16.4. The van der Waals surface area contributed by atoms with Crippen LogP contribution in [0.15, 0.2) is 60.8 Å². The number of nitriles is 1. The fraction of sp³-hybridized carbons (Fsp3) is 0.269. The molecule has 0 aliphatic rings. The van der Waals surface area contributed by atoms with Crippen molar-refractivity contribution in [2.75, 3.05) is 18.4 Å². The molecule has 0 spiro atoms. The average Bonchev–Trinajstić information content (AvgIpc) is 2.85. The molecule has 0 radical (unpaired) electrons. The van der Waals surface area contributed by atoms with E-state index in [4.69, 9.17) is 5.26 Å². The molecular formula is C26H28N6O2. The monoisotopic (exact) mass is 456 g/mol. The Labute approximate surface area is 199 Å². The van der Waals surface area contributed by atoms with Gasteiger partial charge in [0.15, 0.2) is 0 Å². The predicted octanol–water partition coefficient (Wildman–Crippen LogP) is 3.61. The molecule has 8 nitrogen and oxygen atoms in total. The lowest BCUT2D eigenvalue weighted by atomic mass is 10.0. The van der Waals surface area contributed by atoms with E-state index in [1.54, 1.807) is 29.2 Å². The fourth-order valence-corrected chi connectivity index (χ4v) is 3.38. The lowest BCUT2D eigenvalue weighted by molar-refractivity contribution is -0.118. The van der Waals surface area contributed by atoms with Crippen LogP contribution < -0.4 is 10.6 Å². The van der Waals surface area contributed by atoms with Gasteiger partial charge >= 0.3 is 0 Å². The van der Waals surface area contributed by atoms with Crippen molar-refractivity contribution in [1.29, 1.82) is 5.26 Å². The Kier molecular flexibility index (Phi) is 8.30. The average molecular weight is 457 g/mol. The number of carbonyl (C=O) groups excluding carboxylic acids is 2. The molecule has 3 aromatic rings. The highest BCUT2D eigenvalue weighted by molar-refractivity contribution is 6.00. The van der Waals surface area contributed by atoms with E-state index in [9.17, 15) is 9.59 Å². The molecule has 1 heterocycles. The number of hydrogen-bond donors (Lipinski definition) is 2. The van der Waals surface area contributed by atoms with E-state index in [0.29, 0.717) is 48.0 Å². The van der Waals surface area contributed by atoms with Gasteiger partial charge in [0, 0.05) is 44.4 Å². The molecule has 3 rings (SSSR count). The summed E-state index contributed by atoms with van der Waals surface area (Å²) in [6.45, 7) is 6.72. The van der Waals surface area contributed by atoms with Crippen molar-refractivity contribution >= 4 is 17.8 Å². The molecule has 174 valence electrons. The second kappa shape index (κ2) is 11.6. The van der Waals surface area contributed by atoms with Crippen molar-refractivity contribution in [3.8, 4) is 17.3 Å². The first-order valence-corrected chi connectivity index (χ1v) is 11.1. The number of anilines is 1. The van der Waals surface area contributed by atoms with E-state index in [0.717, 1.165) is 5.56 Å². The smallest absolute Gasteiger partial charge is 0.258 e. The van der Waals surface area contributed by atoms with Gasteiger partial charge in [-0.15, -0.1) is 0 Å². The highest BCUT2D eigenvalue weighted by Crippen LogP contribution is 2.25. The summed E-state index contributed by atoms with van der Waals surface area (Å²) in [6, 6.07) is 18.8. The Morgan fingerprint density at radius 1 is 1.06 bits per heavy atom. The summed E-state index contributed by atoms with van der Waals surface area (Å²) < 4.78 is 0. The molecule has 0 fully saturated rings. The van der Waals surface area contributed by atoms with Crippen molar-refractivity contribution < 1.29 is 9.59 Å². The minimum atomic E-state index is -0.178. The molecule has 0 saturated carbocycles. The van der Waals surface area contributed by atoms with Gasteiger partial charge in [-0.05, 0) is 31.5 Å². The summed E-state index contributed by atoms with van der Waals surface area (Å²) in [5.74, 6) is 0.0533. The third kappa shape index (κ3) is 6.39. The molecule has 0 unspecified atom stereocenters. The fourth-order valence-electron chi connectivity index (χ4n) is 3.38. The zero-order valence-electron chi connectivity index (χ0n) is 19.6. The number of carbonyl (C=O) groups is 2. The number of rotatable bonds is 9. The zero-order valence-corrected chi connectivity index (χ0v) is 19.6. The molecule has 2 N–H and O–H groups in total. The van der Waals surface area contributed by atoms with Gasteiger partial charge in [0.2, 0.25) is 11.9 Å². The van der Waals surface area contributed by atoms with Crippen LogP contribution in [0.25, 0.3) is 11.3 Å². The van der Waals surface area contributed by atoms with Crippen LogP contribution in [0.4, 0.5) is 5.95 Å². The minimum absolute atomic E-state index is 0.0445. The topological polar surface area (TPSA) is 111 Å². The van der Waals surface area contributed by atoms with Gasteiger partial charge in [0.05, 0.1) is 22.9 Å². The number of aromatic nitrogens is 2. The van der Waals surface area contributed by atoms with Crippen LogP contribution in [-0.4, -0.2) is 45.8 Å². The molecule has 0 aliphatic heterocycles. The third-order valence-corrected chi connectivity index (χ3v) is 5.17. The van der Waals surface area contributed by atoms with E-state index in [1.807, 2.05) is 44.2 Å². The maximum atomic E-state index is 13.7. The summed E-state index contributed by atoms with van der Waals surface area (Å²) in [5.41, 5.74) is 3.11. The van der Waals surface area contributed by atoms with E-state index in [2.05, 4.69) is 26.7 Å². The van der Waals surface area contributed by atoms with E-state index >= 15 is 0 Å². The van der Waals surface area contributed by atoms with E-state index < -0.39 is 0 Å². The lowest BCUT2D eigenvalue weighted by Crippen LogP contribution is -2.37. The van der Waals surface area contributed by atoms with Gasteiger partial charge in [-0.2, -0.15) is 5.26 Å². The molecule has 0 saturated heterocycles. The Bertz CT molecular complexity index is 1170. The standard InChI is InChI=1S/C26H28N6O2/c1-18(2)32(17-21-7-5-4-6-8-21)25(34)23-16-30-26(29-14-13-28-19(3)33)31-24(23)22-11-9-20(15-27)10-12-22/h4-12,16,18H,13-14,17H2,1-3H3,(H,28,33)(H,29,30,31). The van der Waals surface area contributed by atoms with Gasteiger partial charge in [0.25, 0.3) is 5.91 Å². The van der Waals surface area contributed by atoms with Crippen LogP contribution in [0, 0.1) is 11.3 Å². The van der Waals surface area contributed by atoms with Crippen LogP contribution in [0.5, 0.6) is 0 Å². The molecular weight excluding hydrogens is 428 g/mol. The van der Waals surface area contributed by atoms with Crippen molar-refractivity contribution in [1.82, 2.24) is 20.2 Å². The van der Waals surface area contributed by atoms with Crippen molar-refractivity contribution in [2.24, 2.45) is 0 Å². The van der Waals surface area contributed by atoms with Gasteiger partial charge in [-0.3, -0.25) is 9.59 Å². The number of benzene rings is 2. The molecule has 8 heteroatoms. The largest absolute Gasteiger partial charge is 0.355 e. The molecule has 1 aromatic heterocycles. The van der Waals surface area contributed by atoms with Crippen molar-refractivity contribution in [3.05, 3.63) is 77.5 Å². The summed E-state index contributed by atoms with van der Waals surface area (Å²) in [7, 11) is 0. The van der Waals surface area contributed by atoms with Gasteiger partial charge in [-0.25, -0.2) is 9.97 Å². The van der Waals surface area contributed by atoms with Crippen LogP contribution in [0.3, 0.4) is 0 Å². The normalized spacial score (nSPS) is 10.4. The van der Waals surface area contributed by atoms with E-state index in [-0.39, 0.29) is 17.9 Å². The Morgan fingerprint density at radius 2 is 1.76 bits per heavy atom. The Balaban J connectivity index is 1.95. The van der Waals surface area contributed by atoms with Gasteiger partial charge in [0.1, 0.15) is 0 Å². The summed E-state index contributed by atoms with van der Waals surface area (Å²) >= 11 is 0. The molecule has 0 bridgehead atoms. The Hall–Kier alpha value is -4.25. The highest BCUT2D eigenvalue weighted by Gasteiger charge is 2.24. The molecule has 34 heavy (non-hydrogen) atoms. The number of nitrogens with zero attached hydrogens (tertiary/aromatic N) is 4. The van der Waals surface area contributed by atoms with Crippen LogP contribution in [-0.2, 0) is 11.3 Å². The third-order valence-electron chi connectivity index (χ3n) is 5.17. The van der Waals surface area contributed by atoms with Crippen LogP contribution in [0.2, 0.25) is 0 Å². The number of amides is 2. The van der Waals surface area contributed by atoms with Crippen LogP contribution >= 0.6 is 0 Å². The summed E-state index contributed by atoms with van der Waals surface area (Å²) in [5, 5.41) is 14.9. The van der Waals surface area contributed by atoms with Crippen LogP contribution in [0.1, 0.15) is 42.3 Å². The molecule has 0 atom stereocenters. The predicted molar refractivity (Wildman–Crippen MR) is 131 cm³/mol. The maximum absolute atomic E-state index is 13.7. The Morgan fingerprint density at radius 3 is 2.38 bits per heavy atom. The summed E-state index contributed by atoms with van der Waals surface area (Å²) in [6.07, 6.45) is 1.53.